The van der Waals surface area contributed by atoms with E-state index >= 15 is 0 Å². The standard InChI is InChI=1S/C26H29N5O2/c1-2-21-15-19(11-13-28-21)20-16-24(26(33)29-17-20)30-23-9-6-14-31(18-23)25(32)10-5-8-22-7-3-4-12-27-22/h3-5,7,10-13,15-17,23,30H,2,6,8-9,14,18H2,1H3,(H,29,33)/b10-5+/t23-/m1/s1. The van der Waals surface area contributed by atoms with Gasteiger partial charge in [0, 0.05) is 61.1 Å². The van der Waals surface area contributed by atoms with Gasteiger partial charge >= 0.3 is 0 Å². The van der Waals surface area contributed by atoms with Crippen molar-refractivity contribution in [2.45, 2.75) is 38.6 Å². The quantitative estimate of drug-likeness (QED) is 0.545. The maximum atomic E-state index is 12.7. The average Bonchev–Trinajstić information content (AvgIpc) is 2.86. The van der Waals surface area contributed by atoms with Gasteiger partial charge in [0.15, 0.2) is 0 Å². The molecule has 3 aromatic rings. The lowest BCUT2D eigenvalue weighted by atomic mass is 10.0. The van der Waals surface area contributed by atoms with Crippen LogP contribution in [0.4, 0.5) is 5.69 Å². The van der Waals surface area contributed by atoms with Crippen molar-refractivity contribution in [3.8, 4) is 11.1 Å². The highest BCUT2D eigenvalue weighted by Gasteiger charge is 2.23. The summed E-state index contributed by atoms with van der Waals surface area (Å²) in [4.78, 5) is 38.4. The second-order valence-corrected chi connectivity index (χ2v) is 8.22. The Morgan fingerprint density at radius 3 is 2.88 bits per heavy atom. The summed E-state index contributed by atoms with van der Waals surface area (Å²) in [5.41, 5.74) is 4.23. The number of likely N-dealkylation sites (tertiary alicyclic amines) is 1. The highest BCUT2D eigenvalue weighted by Crippen LogP contribution is 2.22. The van der Waals surface area contributed by atoms with Gasteiger partial charge in [-0.2, -0.15) is 0 Å². The van der Waals surface area contributed by atoms with Gasteiger partial charge in [0.2, 0.25) is 5.91 Å². The first-order chi connectivity index (χ1) is 16.1. The van der Waals surface area contributed by atoms with Crippen molar-refractivity contribution in [1.82, 2.24) is 19.9 Å². The molecule has 33 heavy (non-hydrogen) atoms. The predicted octanol–water partition coefficient (Wildman–Crippen LogP) is 3.60. The van der Waals surface area contributed by atoms with Crippen molar-refractivity contribution in [1.29, 1.82) is 0 Å². The van der Waals surface area contributed by atoms with Crippen LogP contribution in [0.15, 0.2) is 71.9 Å². The van der Waals surface area contributed by atoms with Crippen LogP contribution in [-0.4, -0.2) is 44.9 Å². The van der Waals surface area contributed by atoms with E-state index in [1.165, 1.54) is 0 Å². The van der Waals surface area contributed by atoms with Crippen LogP contribution >= 0.6 is 0 Å². The Morgan fingerprint density at radius 2 is 2.06 bits per heavy atom. The molecule has 3 aromatic heterocycles. The third-order valence-electron chi connectivity index (χ3n) is 5.82. The minimum atomic E-state index is -0.165. The first kappa shape index (κ1) is 22.5. The van der Waals surface area contributed by atoms with Crippen molar-refractivity contribution in [2.75, 3.05) is 18.4 Å². The van der Waals surface area contributed by atoms with E-state index in [0.29, 0.717) is 18.7 Å². The van der Waals surface area contributed by atoms with Gasteiger partial charge in [0.25, 0.3) is 5.56 Å². The number of rotatable bonds is 7. The second kappa shape index (κ2) is 10.7. The Hall–Kier alpha value is -3.74. The number of nitrogens with one attached hydrogen (secondary N) is 2. The highest BCUT2D eigenvalue weighted by atomic mass is 16.2. The van der Waals surface area contributed by atoms with Crippen LogP contribution in [0.1, 0.15) is 31.2 Å². The first-order valence-corrected chi connectivity index (χ1v) is 11.4. The topological polar surface area (TPSA) is 91.0 Å². The fourth-order valence-corrected chi connectivity index (χ4v) is 4.03. The van der Waals surface area contributed by atoms with Crippen molar-refractivity contribution in [2.24, 2.45) is 0 Å². The monoisotopic (exact) mass is 443 g/mol. The molecule has 2 N–H and O–H groups in total. The first-order valence-electron chi connectivity index (χ1n) is 11.4. The van der Waals surface area contributed by atoms with Crippen LogP contribution in [0.25, 0.3) is 11.1 Å². The zero-order valence-electron chi connectivity index (χ0n) is 18.8. The van der Waals surface area contributed by atoms with Gasteiger partial charge in [-0.25, -0.2) is 0 Å². The van der Waals surface area contributed by atoms with Crippen molar-refractivity contribution < 1.29 is 4.79 Å². The normalized spacial score (nSPS) is 16.2. The number of H-pyrrole nitrogens is 1. The molecule has 0 unspecified atom stereocenters. The van der Waals surface area contributed by atoms with Crippen molar-refractivity contribution in [3.63, 3.8) is 0 Å². The molecule has 7 nitrogen and oxygen atoms in total. The van der Waals surface area contributed by atoms with Crippen LogP contribution in [0.5, 0.6) is 0 Å². The molecule has 0 aromatic carbocycles. The molecule has 0 radical (unpaired) electrons. The van der Waals surface area contributed by atoms with Crippen LogP contribution in [0, 0.1) is 0 Å². The molecule has 1 amide bonds. The SMILES string of the molecule is CCc1cc(-c2c[nH]c(=O)c(N[C@@H]3CCCN(C(=O)/C=C/Cc4ccccn4)C3)c2)ccn1. The molecule has 4 rings (SSSR count). The molecule has 0 spiro atoms. The molecular formula is C26H29N5O2. The summed E-state index contributed by atoms with van der Waals surface area (Å²) >= 11 is 0. The maximum Gasteiger partial charge on any atom is 0.271 e. The summed E-state index contributed by atoms with van der Waals surface area (Å²) in [6, 6.07) is 11.6. The summed E-state index contributed by atoms with van der Waals surface area (Å²) in [6.45, 7) is 3.35. The summed E-state index contributed by atoms with van der Waals surface area (Å²) in [5.74, 6) is -0.0102. The number of nitrogens with zero attached hydrogens (tertiary/aromatic N) is 3. The van der Waals surface area contributed by atoms with Gasteiger partial charge < -0.3 is 15.2 Å². The lowest BCUT2D eigenvalue weighted by Gasteiger charge is -2.33. The number of aryl methyl sites for hydroxylation is 1. The maximum absolute atomic E-state index is 12.7. The smallest absolute Gasteiger partial charge is 0.271 e. The number of carbonyl (C=O) groups is 1. The highest BCUT2D eigenvalue weighted by molar-refractivity contribution is 5.87. The van der Waals surface area contributed by atoms with E-state index in [4.69, 9.17) is 0 Å². The summed E-state index contributed by atoms with van der Waals surface area (Å²) < 4.78 is 0. The number of pyridine rings is 3. The van der Waals surface area contributed by atoms with Crippen molar-refractivity contribution >= 4 is 11.6 Å². The number of allylic oxidation sites excluding steroid dienone is 1. The Kier molecular flexibility index (Phi) is 7.29. The van der Waals surface area contributed by atoms with E-state index in [0.717, 1.165) is 48.3 Å². The third kappa shape index (κ3) is 5.94. The lowest BCUT2D eigenvalue weighted by Crippen LogP contribution is -2.45. The lowest BCUT2D eigenvalue weighted by molar-refractivity contribution is -0.127. The Labute approximate surface area is 193 Å². The van der Waals surface area contributed by atoms with Gasteiger partial charge in [-0.3, -0.25) is 19.6 Å². The second-order valence-electron chi connectivity index (χ2n) is 8.22. The van der Waals surface area contributed by atoms with Crippen LogP contribution in [-0.2, 0) is 17.6 Å². The molecule has 1 saturated heterocycles. The van der Waals surface area contributed by atoms with Gasteiger partial charge in [-0.05, 0) is 61.2 Å². The molecule has 0 saturated carbocycles. The third-order valence-corrected chi connectivity index (χ3v) is 5.82. The van der Waals surface area contributed by atoms with Crippen LogP contribution < -0.4 is 10.9 Å². The molecule has 1 aliphatic heterocycles. The minimum absolute atomic E-state index is 0.0102. The Balaban J connectivity index is 1.40. The molecule has 170 valence electrons. The Morgan fingerprint density at radius 1 is 1.18 bits per heavy atom. The molecule has 1 fully saturated rings. The minimum Gasteiger partial charge on any atom is -0.376 e. The number of piperidine rings is 1. The van der Waals surface area contributed by atoms with E-state index in [1.54, 1.807) is 24.7 Å². The van der Waals surface area contributed by atoms with Gasteiger partial charge in [0.05, 0.1) is 0 Å². The molecule has 0 bridgehead atoms. The molecule has 7 heteroatoms. The number of anilines is 1. The van der Waals surface area contributed by atoms with E-state index in [9.17, 15) is 9.59 Å². The summed E-state index contributed by atoms with van der Waals surface area (Å²) in [6.07, 6.45) is 12.0. The number of aromatic nitrogens is 3. The van der Waals surface area contributed by atoms with Crippen molar-refractivity contribution in [3.05, 3.63) is 88.9 Å². The zero-order valence-corrected chi connectivity index (χ0v) is 18.8. The fourth-order valence-electron chi connectivity index (χ4n) is 4.03. The van der Waals surface area contributed by atoms with E-state index in [1.807, 2.05) is 47.4 Å². The Bertz CT molecular complexity index is 1170. The number of hydrogen-bond donors (Lipinski definition) is 2. The molecular weight excluding hydrogens is 414 g/mol. The van der Waals surface area contributed by atoms with E-state index in [2.05, 4.69) is 27.2 Å². The van der Waals surface area contributed by atoms with Crippen LogP contribution in [0.2, 0.25) is 0 Å². The zero-order chi connectivity index (χ0) is 23.0. The predicted molar refractivity (Wildman–Crippen MR) is 130 cm³/mol. The number of carbonyl (C=O) groups excluding carboxylic acids is 1. The van der Waals surface area contributed by atoms with Gasteiger partial charge in [-0.1, -0.05) is 19.1 Å². The molecule has 1 atom stereocenters. The van der Waals surface area contributed by atoms with E-state index < -0.39 is 0 Å². The molecule has 0 aliphatic carbocycles. The molecule has 4 heterocycles. The van der Waals surface area contributed by atoms with E-state index in [-0.39, 0.29) is 17.5 Å². The average molecular weight is 444 g/mol. The summed E-state index contributed by atoms with van der Waals surface area (Å²) in [5, 5.41) is 3.37. The van der Waals surface area contributed by atoms with Gasteiger partial charge in [0.1, 0.15) is 5.69 Å². The van der Waals surface area contributed by atoms with Gasteiger partial charge in [-0.15, -0.1) is 0 Å². The molecule has 1 aliphatic rings. The number of hydrogen-bond acceptors (Lipinski definition) is 5. The van der Waals surface area contributed by atoms with Crippen LogP contribution in [0.3, 0.4) is 0 Å². The summed E-state index contributed by atoms with van der Waals surface area (Å²) in [7, 11) is 0. The fraction of sp³-hybridized carbons (Fsp3) is 0.308. The number of aromatic amines is 1. The number of amides is 1. The largest absolute Gasteiger partial charge is 0.376 e.